The molecular formula is C102H126S5Si2. The molecule has 0 bridgehead atoms. The van der Waals surface area contributed by atoms with Crippen molar-refractivity contribution in [3.63, 3.8) is 0 Å². The van der Waals surface area contributed by atoms with Crippen LogP contribution in [0.15, 0.2) is 146 Å². The topological polar surface area (TPSA) is 0 Å². The second-order valence-corrected chi connectivity index (χ2v) is 50.7. The molecule has 0 aliphatic rings. The highest BCUT2D eigenvalue weighted by Gasteiger charge is 2.43. The molecule has 0 atom stereocenters. The van der Waals surface area contributed by atoms with Gasteiger partial charge in [-0.1, -0.05) is 298 Å². The summed E-state index contributed by atoms with van der Waals surface area (Å²) in [6.07, 6.45) is 32.2. The summed E-state index contributed by atoms with van der Waals surface area (Å²) in [6.45, 7) is 38.1. The lowest BCUT2D eigenvalue weighted by atomic mass is 9.89. The molecule has 0 saturated carbocycles. The summed E-state index contributed by atoms with van der Waals surface area (Å²) in [5.41, 5.74) is 17.1. The van der Waals surface area contributed by atoms with Crippen molar-refractivity contribution in [2.45, 2.75) is 298 Å². The van der Waals surface area contributed by atoms with Gasteiger partial charge in [0.15, 0.2) is 0 Å². The van der Waals surface area contributed by atoms with E-state index in [-0.39, 0.29) is 0 Å². The zero-order chi connectivity index (χ0) is 76.9. The van der Waals surface area contributed by atoms with Crippen LogP contribution in [0.1, 0.15) is 271 Å². The molecule has 14 aromatic rings. The molecular weight excluding hydrogens is 1440 g/mol. The van der Waals surface area contributed by atoms with Crippen molar-refractivity contribution in [3.8, 4) is 22.9 Å². The van der Waals surface area contributed by atoms with E-state index in [1.807, 2.05) is 56.7 Å². The van der Waals surface area contributed by atoms with E-state index >= 15 is 0 Å². The standard InChI is InChI=1S/C44H54Si2.C30H40S2.C28H32S3/c1-29(2)45(30(3)4,31(5)6)23-21-39-41-25-35-17-13-15-19-37(35)27-43(41)40(22-24-46(32(7)8,33(9)10)34(11)12)44-28-38-20-16-14-18-36(38)26-42(39)44;1-3-5-7-9-11-13-15-23-17-19-25-27(21-23)31-30-26-20-18-24(22-28(26)32-29(25)30)16-14-12-10-8-6-4-2;1-3-5-7-9-11-21-13-19-15-23-24-16-20-14-22(12-10-8-6-4-2)30-26(20)18-28(24)31-27(23)17-25(19)29-21/h13-20,25-34H,1-12H3;17-22H,3-16H2,1-2H3;13-18H,3-12H2,1-2H3. The molecule has 9 aromatic carbocycles. The number of unbranched alkanes of at least 4 members (excludes halogenated alkanes) is 16. The van der Waals surface area contributed by atoms with E-state index in [4.69, 9.17) is 0 Å². The van der Waals surface area contributed by atoms with Gasteiger partial charge in [0.2, 0.25) is 0 Å². The monoisotopic (exact) mass is 1570 g/mol. The first-order valence-electron chi connectivity index (χ1n) is 42.8. The second kappa shape index (κ2) is 38.1. The molecule has 0 spiro atoms. The lowest BCUT2D eigenvalue weighted by Gasteiger charge is -2.38. The molecule has 0 saturated heterocycles. The fraction of sp³-hybridized carbons (Fsp3) is 0.451. The van der Waals surface area contributed by atoms with Gasteiger partial charge in [-0.15, -0.1) is 67.8 Å². The van der Waals surface area contributed by atoms with Crippen LogP contribution in [0.2, 0.25) is 33.2 Å². The highest BCUT2D eigenvalue weighted by atomic mass is 32.1. The summed E-state index contributed by atoms with van der Waals surface area (Å²) in [5, 5.41) is 18.7. The van der Waals surface area contributed by atoms with Gasteiger partial charge >= 0.3 is 0 Å². The van der Waals surface area contributed by atoms with Gasteiger partial charge in [0.05, 0.1) is 9.40 Å². The Kier molecular flexibility index (Phi) is 28.8. The average Bonchev–Trinajstić information content (AvgIpc) is 1.65. The average molecular weight is 1570 g/mol. The van der Waals surface area contributed by atoms with Gasteiger partial charge in [0.25, 0.3) is 0 Å². The number of hydrogen-bond donors (Lipinski definition) is 0. The van der Waals surface area contributed by atoms with E-state index in [2.05, 4.69) is 279 Å². The van der Waals surface area contributed by atoms with Crippen molar-refractivity contribution in [2.75, 3.05) is 0 Å². The zero-order valence-corrected chi connectivity index (χ0v) is 75.4. The third kappa shape index (κ3) is 18.6. The van der Waals surface area contributed by atoms with Crippen molar-refractivity contribution in [2.24, 2.45) is 0 Å². The molecule has 0 radical (unpaired) electrons. The Balaban J connectivity index is 0.000000157. The molecule has 0 N–H and O–H groups in total. The minimum absolute atomic E-state index is 0.575. The fourth-order valence-electron chi connectivity index (χ4n) is 18.6. The van der Waals surface area contributed by atoms with Gasteiger partial charge in [-0.3, -0.25) is 0 Å². The van der Waals surface area contributed by atoms with Gasteiger partial charge in [-0.05, 0) is 222 Å². The largest absolute Gasteiger partial charge is 0.146 e. The van der Waals surface area contributed by atoms with E-state index in [1.165, 1.54) is 289 Å². The molecule has 7 heteroatoms. The molecule has 5 heterocycles. The van der Waals surface area contributed by atoms with E-state index in [9.17, 15) is 0 Å². The van der Waals surface area contributed by atoms with Crippen LogP contribution in [-0.4, -0.2) is 16.1 Å². The summed E-state index contributed by atoms with van der Waals surface area (Å²) < 4.78 is 11.8. The smallest absolute Gasteiger partial charge is 0.140 e. The highest BCUT2D eigenvalue weighted by molar-refractivity contribution is 7.36. The first kappa shape index (κ1) is 82.4. The summed E-state index contributed by atoms with van der Waals surface area (Å²) in [7, 11) is -3.93. The quantitative estimate of drug-likeness (QED) is 0.0182. The van der Waals surface area contributed by atoms with E-state index in [0.29, 0.717) is 33.2 Å². The third-order valence-electron chi connectivity index (χ3n) is 24.6. The molecule has 14 rings (SSSR count). The zero-order valence-electron chi connectivity index (χ0n) is 69.3. The van der Waals surface area contributed by atoms with Crippen molar-refractivity contribution >= 4 is 186 Å². The van der Waals surface area contributed by atoms with Crippen molar-refractivity contribution < 1.29 is 0 Å². The summed E-state index contributed by atoms with van der Waals surface area (Å²) >= 11 is 10.0. The molecule has 572 valence electrons. The maximum Gasteiger partial charge on any atom is 0.146 e. The normalized spacial score (nSPS) is 12.3. The van der Waals surface area contributed by atoms with Gasteiger partial charge in [-0.25, -0.2) is 0 Å². The number of rotatable bonds is 30. The third-order valence-corrected chi connectivity index (χ3v) is 43.2. The Labute approximate surface area is 678 Å². The van der Waals surface area contributed by atoms with E-state index < -0.39 is 16.1 Å². The fourth-order valence-corrected chi connectivity index (χ4v) is 35.4. The second-order valence-electron chi connectivity index (χ2n) is 34.0. The molecule has 0 unspecified atom stereocenters. The van der Waals surface area contributed by atoms with Crippen LogP contribution in [-0.2, 0) is 25.7 Å². The number of aryl methyl sites for hydroxylation is 4. The first-order chi connectivity index (χ1) is 52.8. The molecule has 0 nitrogen and oxygen atoms in total. The Hall–Kier alpha value is -6.11. The van der Waals surface area contributed by atoms with Crippen molar-refractivity contribution in [3.05, 3.63) is 178 Å². The van der Waals surface area contributed by atoms with Crippen LogP contribution in [0, 0.1) is 22.9 Å². The van der Waals surface area contributed by atoms with Gasteiger partial charge < -0.3 is 0 Å². The maximum atomic E-state index is 4.11. The van der Waals surface area contributed by atoms with E-state index in [0.717, 1.165) is 0 Å². The highest BCUT2D eigenvalue weighted by Crippen LogP contribution is 2.48. The summed E-state index contributed by atoms with van der Waals surface area (Å²) in [5.74, 6) is 7.94. The molecule has 0 aliphatic heterocycles. The van der Waals surface area contributed by atoms with Gasteiger partial charge in [0.1, 0.15) is 16.1 Å². The Morgan fingerprint density at radius 3 is 0.881 bits per heavy atom. The van der Waals surface area contributed by atoms with Crippen molar-refractivity contribution in [1.29, 1.82) is 0 Å². The van der Waals surface area contributed by atoms with Crippen LogP contribution in [0.3, 0.4) is 0 Å². The Bertz CT molecular complexity index is 5050. The molecule has 5 aromatic heterocycles. The predicted octanol–water partition coefficient (Wildman–Crippen LogP) is 35.2. The van der Waals surface area contributed by atoms with Gasteiger partial charge in [0, 0.05) is 70.6 Å². The predicted molar refractivity (Wildman–Crippen MR) is 507 cm³/mol. The van der Waals surface area contributed by atoms with Crippen LogP contribution in [0.5, 0.6) is 0 Å². The number of hydrogen-bond acceptors (Lipinski definition) is 5. The minimum Gasteiger partial charge on any atom is -0.140 e. The summed E-state index contributed by atoms with van der Waals surface area (Å²) in [6, 6.07) is 56.4. The van der Waals surface area contributed by atoms with Gasteiger partial charge in [-0.2, -0.15) is 0 Å². The molecule has 0 fully saturated rings. The SMILES string of the molecule is CC(C)[Si](C#Cc1c2cc3ccccc3cc2c(C#C[Si](C(C)C)(C(C)C)C(C)C)c2cc3ccccc3cc12)(C(C)C)C(C)C.CCCCCCCCc1ccc2c(c1)sc1c3ccc(CCCCCCCC)cc3sc21.CCCCCCc1cc2cc3c(cc2s1)sc1cc2sc(CCCCCC)cc2cc13. The summed E-state index contributed by atoms with van der Waals surface area (Å²) in [4.78, 5) is 3.11. The van der Waals surface area contributed by atoms with Crippen molar-refractivity contribution in [1.82, 2.24) is 0 Å². The Morgan fingerprint density at radius 1 is 0.257 bits per heavy atom. The minimum atomic E-state index is -1.97. The van der Waals surface area contributed by atoms with Crippen LogP contribution < -0.4 is 0 Å². The molecule has 0 aliphatic carbocycles. The molecule has 109 heavy (non-hydrogen) atoms. The number of thiophene rings is 5. The first-order valence-corrected chi connectivity index (χ1v) is 51.4. The lowest BCUT2D eigenvalue weighted by Crippen LogP contribution is -2.43. The maximum absolute atomic E-state index is 4.11. The van der Waals surface area contributed by atoms with Crippen LogP contribution >= 0.6 is 56.7 Å². The Morgan fingerprint density at radius 2 is 0.550 bits per heavy atom. The van der Waals surface area contributed by atoms with E-state index in [1.54, 1.807) is 9.75 Å². The number of benzene rings is 9. The van der Waals surface area contributed by atoms with Crippen LogP contribution in [0.4, 0.5) is 0 Å². The number of fused-ring (bicyclic) bond motifs is 14. The molecule has 0 amide bonds. The lowest BCUT2D eigenvalue weighted by molar-refractivity contribution is 0.607. The van der Waals surface area contributed by atoms with Crippen LogP contribution in [0.25, 0.3) is 113 Å².